The molecule has 1 fully saturated rings. The summed E-state index contributed by atoms with van der Waals surface area (Å²) in [5.41, 5.74) is 2.60. The lowest BCUT2D eigenvalue weighted by molar-refractivity contribution is 0.0619. The summed E-state index contributed by atoms with van der Waals surface area (Å²) in [7, 11) is 1.57. The number of benzene rings is 1. The highest BCUT2D eigenvalue weighted by Crippen LogP contribution is 2.22. The van der Waals surface area contributed by atoms with Gasteiger partial charge in [-0.3, -0.25) is 9.69 Å². The van der Waals surface area contributed by atoms with E-state index in [-0.39, 0.29) is 5.91 Å². The Morgan fingerprint density at radius 2 is 1.93 bits per heavy atom. The molecule has 0 bridgehead atoms. The maximum Gasteiger partial charge on any atom is 0.278 e. The van der Waals surface area contributed by atoms with Crippen molar-refractivity contribution in [3.63, 3.8) is 0 Å². The Morgan fingerprint density at radius 3 is 2.59 bits per heavy atom. The first-order valence-corrected chi connectivity index (χ1v) is 9.90. The van der Waals surface area contributed by atoms with E-state index in [1.165, 1.54) is 5.56 Å². The molecule has 0 saturated carbocycles. The minimum Gasteiger partial charge on any atom is -0.493 e. The number of amides is 1. The summed E-state index contributed by atoms with van der Waals surface area (Å²) in [5.74, 6) is 0.432. The molecule has 2 aromatic heterocycles. The van der Waals surface area contributed by atoms with Gasteiger partial charge in [-0.25, -0.2) is 4.68 Å². The number of ether oxygens (including phenoxy) is 1. The number of aromatic nitrogens is 2. The minimum atomic E-state index is -0.0725. The summed E-state index contributed by atoms with van der Waals surface area (Å²) in [5, 5.41) is 8.78. The number of hydrogen-bond donors (Lipinski definition) is 0. The molecule has 3 aromatic rings. The van der Waals surface area contributed by atoms with E-state index in [4.69, 9.17) is 4.74 Å². The van der Waals surface area contributed by atoms with Gasteiger partial charge in [0, 0.05) is 32.7 Å². The lowest BCUT2D eigenvalue weighted by atomic mass is 10.2. The molecule has 0 spiro atoms. The summed E-state index contributed by atoms with van der Waals surface area (Å²) < 4.78 is 7.10. The molecule has 1 aliphatic heterocycles. The Morgan fingerprint density at radius 1 is 1.15 bits per heavy atom. The maximum absolute atomic E-state index is 13.0. The van der Waals surface area contributed by atoms with Gasteiger partial charge in [-0.15, -0.1) is 0 Å². The molecule has 3 heterocycles. The van der Waals surface area contributed by atoms with Gasteiger partial charge in [-0.1, -0.05) is 18.2 Å². The van der Waals surface area contributed by atoms with Crippen LogP contribution in [0.1, 0.15) is 16.1 Å². The number of hydrogen-bond acceptors (Lipinski definition) is 5. The van der Waals surface area contributed by atoms with Crippen LogP contribution >= 0.6 is 11.3 Å². The van der Waals surface area contributed by atoms with Gasteiger partial charge in [0.2, 0.25) is 0 Å². The standard InChI is InChI=1S/C20H22N4O2S/c1-26-18-14-24(17-5-3-2-4-6-17)21-19(18)20(25)23-10-8-22(9-11-23)13-16-7-12-27-15-16/h2-7,12,14-15H,8-11,13H2,1H3. The highest BCUT2D eigenvalue weighted by molar-refractivity contribution is 7.07. The molecule has 6 nitrogen and oxygen atoms in total. The van der Waals surface area contributed by atoms with Crippen LogP contribution < -0.4 is 4.74 Å². The van der Waals surface area contributed by atoms with E-state index in [0.717, 1.165) is 25.3 Å². The minimum absolute atomic E-state index is 0.0725. The maximum atomic E-state index is 13.0. The molecule has 1 aliphatic rings. The van der Waals surface area contributed by atoms with Crippen molar-refractivity contribution in [3.05, 3.63) is 64.6 Å². The number of methoxy groups -OCH3 is 1. The largest absolute Gasteiger partial charge is 0.493 e. The van der Waals surface area contributed by atoms with Crippen LogP contribution in [-0.2, 0) is 6.54 Å². The Balaban J connectivity index is 1.44. The summed E-state index contributed by atoms with van der Waals surface area (Å²) >= 11 is 1.72. The summed E-state index contributed by atoms with van der Waals surface area (Å²) in [4.78, 5) is 17.2. The average molecular weight is 382 g/mol. The van der Waals surface area contributed by atoms with Crippen molar-refractivity contribution in [2.75, 3.05) is 33.3 Å². The number of para-hydroxylation sites is 1. The van der Waals surface area contributed by atoms with Crippen molar-refractivity contribution < 1.29 is 9.53 Å². The van der Waals surface area contributed by atoms with Gasteiger partial charge in [0.1, 0.15) is 0 Å². The quantitative estimate of drug-likeness (QED) is 0.681. The van der Waals surface area contributed by atoms with Crippen LogP contribution in [0.2, 0.25) is 0 Å². The molecule has 1 aromatic carbocycles. The van der Waals surface area contributed by atoms with E-state index in [9.17, 15) is 4.79 Å². The number of piperazine rings is 1. The monoisotopic (exact) mass is 382 g/mol. The van der Waals surface area contributed by atoms with Crippen LogP contribution in [0.25, 0.3) is 5.69 Å². The number of carbonyl (C=O) groups is 1. The number of nitrogens with zero attached hydrogens (tertiary/aromatic N) is 4. The molecule has 0 unspecified atom stereocenters. The molecule has 1 saturated heterocycles. The van der Waals surface area contributed by atoms with E-state index < -0.39 is 0 Å². The smallest absolute Gasteiger partial charge is 0.278 e. The average Bonchev–Trinajstić information content (AvgIpc) is 3.38. The molecule has 140 valence electrons. The molecular weight excluding hydrogens is 360 g/mol. The lowest BCUT2D eigenvalue weighted by Crippen LogP contribution is -2.48. The van der Waals surface area contributed by atoms with Crippen molar-refractivity contribution in [1.82, 2.24) is 19.6 Å². The first-order valence-electron chi connectivity index (χ1n) is 8.96. The fourth-order valence-electron chi connectivity index (χ4n) is 3.27. The third-order valence-electron chi connectivity index (χ3n) is 4.77. The fourth-order valence-corrected chi connectivity index (χ4v) is 3.93. The van der Waals surface area contributed by atoms with E-state index in [1.54, 1.807) is 29.3 Å². The van der Waals surface area contributed by atoms with Crippen LogP contribution in [0, 0.1) is 0 Å². The topological polar surface area (TPSA) is 50.6 Å². The van der Waals surface area contributed by atoms with Crippen molar-refractivity contribution in [3.8, 4) is 11.4 Å². The molecule has 0 atom stereocenters. The van der Waals surface area contributed by atoms with E-state index >= 15 is 0 Å². The second-order valence-electron chi connectivity index (χ2n) is 6.53. The Bertz CT molecular complexity index is 884. The second-order valence-corrected chi connectivity index (χ2v) is 7.31. The van der Waals surface area contributed by atoms with Crippen molar-refractivity contribution in [2.24, 2.45) is 0 Å². The summed E-state index contributed by atoms with van der Waals surface area (Å²) in [6.45, 7) is 4.07. The van der Waals surface area contributed by atoms with Gasteiger partial charge < -0.3 is 9.64 Å². The van der Waals surface area contributed by atoms with Crippen LogP contribution in [0.3, 0.4) is 0 Å². The SMILES string of the molecule is COc1cn(-c2ccccc2)nc1C(=O)N1CCN(Cc2ccsc2)CC1. The first kappa shape index (κ1) is 17.8. The Kier molecular flexibility index (Phi) is 5.22. The Hall–Kier alpha value is -2.64. The van der Waals surface area contributed by atoms with Gasteiger partial charge >= 0.3 is 0 Å². The highest BCUT2D eigenvalue weighted by Gasteiger charge is 2.27. The highest BCUT2D eigenvalue weighted by atomic mass is 32.1. The predicted octanol–water partition coefficient (Wildman–Crippen LogP) is 2.90. The number of thiophene rings is 1. The van der Waals surface area contributed by atoms with E-state index in [1.807, 2.05) is 35.2 Å². The third-order valence-corrected chi connectivity index (χ3v) is 5.50. The fraction of sp³-hybridized carbons (Fsp3) is 0.300. The zero-order valence-corrected chi connectivity index (χ0v) is 16.1. The zero-order chi connectivity index (χ0) is 18.6. The number of carbonyl (C=O) groups excluding carboxylic acids is 1. The van der Waals surface area contributed by atoms with Gasteiger partial charge in [-0.05, 0) is 34.5 Å². The molecule has 1 amide bonds. The van der Waals surface area contributed by atoms with E-state index in [2.05, 4.69) is 26.8 Å². The first-order chi connectivity index (χ1) is 13.2. The van der Waals surface area contributed by atoms with Gasteiger partial charge in [0.15, 0.2) is 11.4 Å². The molecule has 0 aliphatic carbocycles. The molecule has 4 rings (SSSR count). The molecule has 27 heavy (non-hydrogen) atoms. The van der Waals surface area contributed by atoms with Crippen LogP contribution in [0.15, 0.2) is 53.4 Å². The number of rotatable bonds is 5. The van der Waals surface area contributed by atoms with Crippen molar-refractivity contribution >= 4 is 17.2 Å². The molecular formula is C20H22N4O2S. The summed E-state index contributed by atoms with van der Waals surface area (Å²) in [6.07, 6.45) is 1.76. The van der Waals surface area contributed by atoms with Crippen molar-refractivity contribution in [1.29, 1.82) is 0 Å². The second kappa shape index (κ2) is 7.94. The zero-order valence-electron chi connectivity index (χ0n) is 15.2. The predicted molar refractivity (Wildman–Crippen MR) is 106 cm³/mol. The summed E-state index contributed by atoms with van der Waals surface area (Å²) in [6, 6.07) is 11.9. The molecule has 0 radical (unpaired) electrons. The lowest BCUT2D eigenvalue weighted by Gasteiger charge is -2.34. The van der Waals surface area contributed by atoms with Crippen LogP contribution in [-0.4, -0.2) is 58.8 Å². The van der Waals surface area contributed by atoms with Gasteiger partial charge in [0.25, 0.3) is 5.91 Å². The normalized spacial score (nSPS) is 15.1. The van der Waals surface area contributed by atoms with Crippen molar-refractivity contribution in [2.45, 2.75) is 6.54 Å². The van der Waals surface area contributed by atoms with Gasteiger partial charge in [-0.2, -0.15) is 16.4 Å². The van der Waals surface area contributed by atoms with Crippen LogP contribution in [0.5, 0.6) is 5.75 Å². The molecule has 0 N–H and O–H groups in total. The Labute approximate surface area is 162 Å². The van der Waals surface area contributed by atoms with Crippen LogP contribution in [0.4, 0.5) is 0 Å². The van der Waals surface area contributed by atoms with E-state index in [0.29, 0.717) is 24.5 Å². The third kappa shape index (κ3) is 3.89. The molecule has 7 heteroatoms. The van der Waals surface area contributed by atoms with Gasteiger partial charge in [0.05, 0.1) is 19.0 Å².